The summed E-state index contributed by atoms with van der Waals surface area (Å²) in [5.74, 6) is 0.732. The molecule has 1 heterocycles. The fourth-order valence-corrected chi connectivity index (χ4v) is 2.12. The molecule has 110 valence electrons. The fourth-order valence-electron chi connectivity index (χ4n) is 2.12. The Kier molecular flexibility index (Phi) is 5.38. The third kappa shape index (κ3) is 3.95. The van der Waals surface area contributed by atoms with Crippen molar-refractivity contribution in [2.24, 2.45) is 0 Å². The summed E-state index contributed by atoms with van der Waals surface area (Å²) >= 11 is 0. The summed E-state index contributed by atoms with van der Waals surface area (Å²) in [6.45, 7) is 6.08. The summed E-state index contributed by atoms with van der Waals surface area (Å²) in [5.41, 5.74) is 7.08. The van der Waals surface area contributed by atoms with Crippen LogP contribution in [0.1, 0.15) is 23.7 Å². The zero-order valence-electron chi connectivity index (χ0n) is 11.9. The number of ketones is 1. The zero-order valence-corrected chi connectivity index (χ0v) is 11.9. The summed E-state index contributed by atoms with van der Waals surface area (Å²) in [7, 11) is 0. The largest absolute Gasteiger partial charge is 0.491 e. The second kappa shape index (κ2) is 7.26. The second-order valence-electron chi connectivity index (χ2n) is 4.91. The van der Waals surface area contributed by atoms with Crippen molar-refractivity contribution in [3.8, 4) is 5.75 Å². The molecule has 0 radical (unpaired) electrons. The molecule has 1 saturated heterocycles. The number of benzene rings is 1. The number of Topliss-reactive ketones (excluding diaryl/α,β-unsaturated/α-hetero) is 1. The molecule has 0 aromatic heterocycles. The lowest BCUT2D eigenvalue weighted by Gasteiger charge is -2.25. The minimum Gasteiger partial charge on any atom is -0.491 e. The predicted octanol–water partition coefficient (Wildman–Crippen LogP) is 1.57. The van der Waals surface area contributed by atoms with E-state index in [-0.39, 0.29) is 5.78 Å². The van der Waals surface area contributed by atoms with E-state index in [1.165, 1.54) is 0 Å². The molecule has 1 fully saturated rings. The van der Waals surface area contributed by atoms with Crippen molar-refractivity contribution in [3.63, 3.8) is 0 Å². The molecule has 0 amide bonds. The van der Waals surface area contributed by atoms with E-state index in [4.69, 9.17) is 15.2 Å². The Balaban J connectivity index is 1.97. The van der Waals surface area contributed by atoms with Gasteiger partial charge in [-0.3, -0.25) is 9.69 Å². The molecule has 1 aliphatic rings. The van der Waals surface area contributed by atoms with Gasteiger partial charge in [-0.1, -0.05) is 6.92 Å². The monoisotopic (exact) mass is 278 g/mol. The van der Waals surface area contributed by atoms with Crippen molar-refractivity contribution >= 4 is 11.5 Å². The molecule has 5 heteroatoms. The minimum absolute atomic E-state index is 0.0839. The van der Waals surface area contributed by atoms with Crippen molar-refractivity contribution < 1.29 is 14.3 Å². The molecule has 1 aliphatic heterocycles. The molecule has 0 atom stereocenters. The maximum atomic E-state index is 12.2. The molecule has 0 aliphatic carbocycles. The molecular formula is C15H22N2O3. The van der Waals surface area contributed by atoms with Crippen LogP contribution >= 0.6 is 0 Å². The van der Waals surface area contributed by atoms with Crippen molar-refractivity contribution in [1.29, 1.82) is 0 Å². The smallest absolute Gasteiger partial charge is 0.176 e. The topological polar surface area (TPSA) is 64.8 Å². The van der Waals surface area contributed by atoms with Crippen LogP contribution in [-0.2, 0) is 4.74 Å². The van der Waals surface area contributed by atoms with Gasteiger partial charge in [-0.2, -0.15) is 0 Å². The minimum atomic E-state index is 0.0839. The van der Waals surface area contributed by atoms with Crippen molar-refractivity contribution in [3.05, 3.63) is 23.8 Å². The van der Waals surface area contributed by atoms with Crippen LogP contribution in [0.4, 0.5) is 5.69 Å². The maximum Gasteiger partial charge on any atom is 0.176 e. The molecule has 1 aromatic rings. The van der Waals surface area contributed by atoms with E-state index in [9.17, 15) is 4.79 Å². The molecule has 0 spiro atoms. The van der Waals surface area contributed by atoms with Crippen LogP contribution in [0.25, 0.3) is 0 Å². The van der Waals surface area contributed by atoms with Gasteiger partial charge in [0.05, 0.1) is 32.1 Å². The van der Waals surface area contributed by atoms with Crippen LogP contribution in [0.2, 0.25) is 0 Å². The molecule has 0 bridgehead atoms. The van der Waals surface area contributed by atoms with Gasteiger partial charge in [-0.15, -0.1) is 0 Å². The van der Waals surface area contributed by atoms with Crippen LogP contribution in [0.3, 0.4) is 0 Å². The number of nitrogens with two attached hydrogens (primary N) is 1. The summed E-state index contributed by atoms with van der Waals surface area (Å²) in [5, 5.41) is 0. The summed E-state index contributed by atoms with van der Waals surface area (Å²) < 4.78 is 10.8. The Labute approximate surface area is 119 Å². The molecular weight excluding hydrogens is 256 g/mol. The van der Waals surface area contributed by atoms with E-state index >= 15 is 0 Å². The Morgan fingerprint density at radius 1 is 1.40 bits per heavy atom. The third-order valence-electron chi connectivity index (χ3n) is 3.26. The maximum absolute atomic E-state index is 12.2. The Morgan fingerprint density at radius 2 is 2.15 bits per heavy atom. The lowest BCUT2D eigenvalue weighted by molar-refractivity contribution is 0.0371. The fraction of sp³-hybridized carbons (Fsp3) is 0.533. The molecule has 2 N–H and O–H groups in total. The normalized spacial score (nSPS) is 16.1. The first-order chi connectivity index (χ1) is 9.70. The number of hydrogen-bond donors (Lipinski definition) is 1. The van der Waals surface area contributed by atoms with Gasteiger partial charge in [0, 0.05) is 18.7 Å². The van der Waals surface area contributed by atoms with E-state index in [1.54, 1.807) is 18.2 Å². The molecule has 0 unspecified atom stereocenters. The first-order valence-electron chi connectivity index (χ1n) is 7.06. The Morgan fingerprint density at radius 3 is 2.80 bits per heavy atom. The van der Waals surface area contributed by atoms with E-state index in [1.807, 2.05) is 6.92 Å². The first kappa shape index (κ1) is 14.8. The van der Waals surface area contributed by atoms with E-state index in [0.717, 1.165) is 19.5 Å². The average molecular weight is 278 g/mol. The van der Waals surface area contributed by atoms with Crippen molar-refractivity contribution in [1.82, 2.24) is 4.90 Å². The van der Waals surface area contributed by atoms with Crippen LogP contribution in [-0.4, -0.2) is 50.1 Å². The highest BCUT2D eigenvalue weighted by Crippen LogP contribution is 2.23. The second-order valence-corrected chi connectivity index (χ2v) is 4.91. The van der Waals surface area contributed by atoms with Crippen LogP contribution in [0.5, 0.6) is 5.75 Å². The van der Waals surface area contributed by atoms with Gasteiger partial charge in [0.15, 0.2) is 5.78 Å². The zero-order chi connectivity index (χ0) is 14.4. The van der Waals surface area contributed by atoms with Crippen molar-refractivity contribution in [2.75, 3.05) is 45.2 Å². The van der Waals surface area contributed by atoms with Crippen molar-refractivity contribution in [2.45, 2.75) is 13.3 Å². The number of morpholine rings is 1. The van der Waals surface area contributed by atoms with Gasteiger partial charge < -0.3 is 15.2 Å². The third-order valence-corrected chi connectivity index (χ3v) is 3.26. The van der Waals surface area contributed by atoms with E-state index < -0.39 is 0 Å². The Bertz CT molecular complexity index is 456. The van der Waals surface area contributed by atoms with Gasteiger partial charge in [0.25, 0.3) is 0 Å². The highest BCUT2D eigenvalue weighted by Gasteiger charge is 2.16. The predicted molar refractivity (Wildman–Crippen MR) is 78.2 cm³/mol. The van der Waals surface area contributed by atoms with Crippen LogP contribution in [0, 0.1) is 0 Å². The number of hydrogen-bond acceptors (Lipinski definition) is 5. The highest BCUT2D eigenvalue weighted by molar-refractivity contribution is 5.98. The van der Waals surface area contributed by atoms with Gasteiger partial charge >= 0.3 is 0 Å². The number of nitrogen functional groups attached to an aromatic ring is 1. The SMILES string of the molecule is CCCOc1ccc(C(=O)CN2CCOCC2)cc1N. The van der Waals surface area contributed by atoms with Gasteiger partial charge in [-0.05, 0) is 24.6 Å². The number of anilines is 1. The number of carbonyl (C=O) groups is 1. The lowest BCUT2D eigenvalue weighted by atomic mass is 10.1. The summed E-state index contributed by atoms with van der Waals surface area (Å²) in [6.07, 6.45) is 0.928. The first-order valence-corrected chi connectivity index (χ1v) is 7.06. The van der Waals surface area contributed by atoms with Gasteiger partial charge in [-0.25, -0.2) is 0 Å². The van der Waals surface area contributed by atoms with E-state index in [0.29, 0.717) is 43.4 Å². The lowest BCUT2D eigenvalue weighted by Crippen LogP contribution is -2.39. The summed E-state index contributed by atoms with van der Waals surface area (Å²) in [4.78, 5) is 14.3. The Hall–Kier alpha value is -1.59. The quantitative estimate of drug-likeness (QED) is 0.632. The number of ether oxygens (including phenoxy) is 2. The van der Waals surface area contributed by atoms with Crippen LogP contribution < -0.4 is 10.5 Å². The molecule has 2 rings (SSSR count). The number of carbonyl (C=O) groups excluding carboxylic acids is 1. The van der Waals surface area contributed by atoms with Crippen LogP contribution in [0.15, 0.2) is 18.2 Å². The standard InChI is InChI=1S/C15H22N2O3/c1-2-7-20-15-4-3-12(10-13(15)16)14(18)11-17-5-8-19-9-6-17/h3-4,10H,2,5-9,11,16H2,1H3. The average Bonchev–Trinajstić information content (AvgIpc) is 2.47. The summed E-state index contributed by atoms with van der Waals surface area (Å²) in [6, 6.07) is 5.26. The molecule has 0 saturated carbocycles. The number of rotatable bonds is 6. The molecule has 1 aromatic carbocycles. The number of nitrogens with zero attached hydrogens (tertiary/aromatic N) is 1. The van der Waals surface area contributed by atoms with Gasteiger partial charge in [0.1, 0.15) is 5.75 Å². The van der Waals surface area contributed by atoms with E-state index in [2.05, 4.69) is 4.90 Å². The molecule has 20 heavy (non-hydrogen) atoms. The highest BCUT2D eigenvalue weighted by atomic mass is 16.5. The molecule has 5 nitrogen and oxygen atoms in total. The van der Waals surface area contributed by atoms with Gasteiger partial charge in [0.2, 0.25) is 0 Å².